The summed E-state index contributed by atoms with van der Waals surface area (Å²) >= 11 is 0. The van der Waals surface area contributed by atoms with E-state index in [-0.39, 0.29) is 17.9 Å². The second-order valence-corrected chi connectivity index (χ2v) is 15.2. The van der Waals surface area contributed by atoms with Crippen molar-refractivity contribution in [2.75, 3.05) is 14.2 Å². The monoisotopic (exact) mass is 506 g/mol. The van der Waals surface area contributed by atoms with E-state index < -0.39 is 25.7 Å². The summed E-state index contributed by atoms with van der Waals surface area (Å²) in [6, 6.07) is 23.0. The van der Waals surface area contributed by atoms with Gasteiger partial charge in [0.05, 0.1) is 14.2 Å². The fraction of sp³-hybridized carbons (Fsp3) is 0.321. The molecule has 0 bridgehead atoms. The van der Waals surface area contributed by atoms with Crippen LogP contribution in [0.4, 0.5) is 0 Å². The van der Waals surface area contributed by atoms with Gasteiger partial charge in [-0.3, -0.25) is 9.59 Å². The first-order chi connectivity index (χ1) is 16.7. The maximum atomic E-state index is 12.7. The molecule has 1 heterocycles. The Kier molecular flexibility index (Phi) is 6.89. The van der Waals surface area contributed by atoms with E-state index in [9.17, 15) is 9.59 Å². The average Bonchev–Trinajstić information content (AvgIpc) is 3.26. The van der Waals surface area contributed by atoms with Crippen molar-refractivity contribution < 1.29 is 23.5 Å². The zero-order valence-corrected chi connectivity index (χ0v) is 22.7. The van der Waals surface area contributed by atoms with Crippen LogP contribution in [0.25, 0.3) is 0 Å². The molecule has 0 saturated carbocycles. The zero-order valence-electron chi connectivity index (χ0n) is 20.8. The summed E-state index contributed by atoms with van der Waals surface area (Å²) in [4.78, 5) is 25.4. The van der Waals surface area contributed by atoms with E-state index in [2.05, 4.69) is 75.1 Å². The van der Waals surface area contributed by atoms with Gasteiger partial charge in [-0.1, -0.05) is 81.4 Å². The smallest absolute Gasteiger partial charge is 0.323 e. The van der Waals surface area contributed by atoms with E-state index in [0.717, 1.165) is 24.8 Å². The number of carbonyl (C=O) groups excluding carboxylic acids is 2. The van der Waals surface area contributed by atoms with E-state index in [1.165, 1.54) is 24.6 Å². The molecule has 7 heteroatoms. The molecular formula is C28H31O5PSi. The van der Waals surface area contributed by atoms with Gasteiger partial charge in [0, 0.05) is 6.42 Å². The molecule has 2 aromatic carbocycles. The Hall–Kier alpha value is -2.95. The first-order valence-corrected chi connectivity index (χ1v) is 14.5. The highest BCUT2D eigenvalue weighted by molar-refractivity contribution is 7.32. The number of rotatable bonds is 6. The van der Waals surface area contributed by atoms with E-state index in [4.69, 9.17) is 13.9 Å². The highest BCUT2D eigenvalue weighted by Crippen LogP contribution is 2.45. The Morgan fingerprint density at radius 2 is 1.31 bits per heavy atom. The van der Waals surface area contributed by atoms with Crippen molar-refractivity contribution in [2.45, 2.75) is 38.7 Å². The first kappa shape index (κ1) is 25.1. The number of hydrogen-bond donors (Lipinski definition) is 0. The van der Waals surface area contributed by atoms with E-state index >= 15 is 0 Å². The molecular weight excluding hydrogens is 475 g/mol. The van der Waals surface area contributed by atoms with Gasteiger partial charge in [-0.05, 0) is 53.0 Å². The third-order valence-corrected chi connectivity index (χ3v) is 12.9. The molecule has 0 amide bonds. The van der Waals surface area contributed by atoms with Crippen LogP contribution in [0.1, 0.15) is 31.9 Å². The van der Waals surface area contributed by atoms with E-state index in [1.54, 1.807) is 0 Å². The molecule has 35 heavy (non-hydrogen) atoms. The third-order valence-electron chi connectivity index (χ3n) is 6.87. The van der Waals surface area contributed by atoms with Crippen LogP contribution in [0.15, 0.2) is 72.5 Å². The van der Waals surface area contributed by atoms with Gasteiger partial charge in [-0.25, -0.2) is 0 Å². The Morgan fingerprint density at radius 1 is 0.829 bits per heavy atom. The molecule has 0 fully saturated rings. The van der Waals surface area contributed by atoms with Gasteiger partial charge in [0.1, 0.15) is 5.48 Å². The molecule has 0 spiro atoms. The highest BCUT2D eigenvalue weighted by atomic mass is 31.0. The van der Waals surface area contributed by atoms with Crippen LogP contribution >= 0.6 is 8.19 Å². The van der Waals surface area contributed by atoms with E-state index in [1.807, 2.05) is 18.2 Å². The number of ether oxygens (including phenoxy) is 2. The molecule has 0 N–H and O–H groups in total. The predicted octanol–water partition coefficient (Wildman–Crippen LogP) is 4.64. The number of carbonyl (C=O) groups is 2. The lowest BCUT2D eigenvalue weighted by Gasteiger charge is -2.42. The molecule has 1 aliphatic carbocycles. The topological polar surface area (TPSA) is 61.8 Å². The Morgan fingerprint density at radius 3 is 1.77 bits per heavy atom. The number of fused-ring (bicyclic) bond motifs is 1. The molecule has 5 nitrogen and oxygen atoms in total. The summed E-state index contributed by atoms with van der Waals surface area (Å²) in [6.45, 7) is 6.72. The maximum absolute atomic E-state index is 12.7. The SMILES string of the molecule is COC(=O)C1(C(=O)OC)Cc2cpc(O[Si](c3ccccc3)(c3ccccc3)C(C)(C)C)cc2C1. The van der Waals surface area contributed by atoms with Crippen molar-refractivity contribution in [1.29, 1.82) is 0 Å². The van der Waals surface area contributed by atoms with Crippen molar-refractivity contribution in [3.05, 3.63) is 83.7 Å². The summed E-state index contributed by atoms with van der Waals surface area (Å²) in [5.41, 5.74) is 1.37. The lowest BCUT2D eigenvalue weighted by Crippen LogP contribution is -2.68. The molecule has 1 aromatic heterocycles. The van der Waals surface area contributed by atoms with Gasteiger partial charge >= 0.3 is 20.3 Å². The predicted molar refractivity (Wildman–Crippen MR) is 141 cm³/mol. The van der Waals surface area contributed by atoms with Crippen LogP contribution in [0.2, 0.25) is 5.04 Å². The summed E-state index contributed by atoms with van der Waals surface area (Å²) in [5.74, 6) is 0.925. The van der Waals surface area contributed by atoms with Crippen LogP contribution < -0.4 is 14.8 Å². The summed E-state index contributed by atoms with van der Waals surface area (Å²) in [6.07, 6.45) is 0.513. The van der Waals surface area contributed by atoms with Gasteiger partial charge in [-0.2, -0.15) is 0 Å². The zero-order chi connectivity index (χ0) is 25.3. The molecule has 182 valence electrons. The highest BCUT2D eigenvalue weighted by Gasteiger charge is 2.54. The van der Waals surface area contributed by atoms with Crippen LogP contribution in [-0.2, 0) is 31.9 Å². The van der Waals surface area contributed by atoms with Gasteiger partial charge in [0.2, 0.25) is 0 Å². The fourth-order valence-corrected chi connectivity index (χ4v) is 10.9. The third kappa shape index (κ3) is 4.30. The summed E-state index contributed by atoms with van der Waals surface area (Å²) < 4.78 is 17.2. The molecule has 0 unspecified atom stereocenters. The Labute approximate surface area is 209 Å². The maximum Gasteiger partial charge on any atom is 0.323 e. The second-order valence-electron chi connectivity index (χ2n) is 9.98. The molecule has 3 aromatic rings. The fourth-order valence-electron chi connectivity index (χ4n) is 5.16. The molecule has 0 atom stereocenters. The number of esters is 2. The summed E-state index contributed by atoms with van der Waals surface area (Å²) in [7, 11) is 0.734. The Bertz CT molecular complexity index is 1170. The van der Waals surface area contributed by atoms with Gasteiger partial charge < -0.3 is 13.9 Å². The van der Waals surface area contributed by atoms with Gasteiger partial charge in [0.25, 0.3) is 0 Å². The van der Waals surface area contributed by atoms with Gasteiger partial charge in [-0.15, -0.1) is 0 Å². The van der Waals surface area contributed by atoms with Gasteiger partial charge in [0.15, 0.2) is 5.41 Å². The standard InChI is InChI=1S/C28H31O5PSi/c1-27(2,3)35(22-12-8-6-9-13-22,23-14-10-7-11-15-23)33-24-16-20-17-28(25(29)31-4,26(30)32-5)18-21(20)19-34-24/h6-16,19H,17-18H2,1-5H3. The first-order valence-electron chi connectivity index (χ1n) is 11.6. The van der Waals surface area contributed by atoms with Crippen LogP contribution in [0.5, 0.6) is 5.48 Å². The molecule has 0 aliphatic heterocycles. The lowest BCUT2D eigenvalue weighted by atomic mass is 9.85. The number of benzene rings is 2. The van der Waals surface area contributed by atoms with Crippen LogP contribution in [-0.4, -0.2) is 34.5 Å². The van der Waals surface area contributed by atoms with Crippen molar-refractivity contribution in [1.82, 2.24) is 0 Å². The number of methoxy groups -OCH3 is 2. The molecule has 0 radical (unpaired) electrons. The minimum absolute atomic E-state index is 0.168. The van der Waals surface area contributed by atoms with Crippen molar-refractivity contribution in [3.8, 4) is 5.48 Å². The summed E-state index contributed by atoms with van der Waals surface area (Å²) in [5, 5.41) is 2.22. The molecule has 0 saturated heterocycles. The lowest BCUT2D eigenvalue weighted by molar-refractivity contribution is -0.168. The van der Waals surface area contributed by atoms with E-state index in [0.29, 0.717) is 0 Å². The molecule has 4 rings (SSSR count). The average molecular weight is 507 g/mol. The second kappa shape index (κ2) is 9.60. The quantitative estimate of drug-likeness (QED) is 0.277. The van der Waals surface area contributed by atoms with Crippen molar-refractivity contribution in [3.63, 3.8) is 0 Å². The minimum atomic E-state index is -2.77. The number of hydrogen-bond acceptors (Lipinski definition) is 5. The normalized spacial score (nSPS) is 14.9. The largest absolute Gasteiger partial charge is 0.531 e. The van der Waals surface area contributed by atoms with Crippen LogP contribution in [0, 0.1) is 5.41 Å². The van der Waals surface area contributed by atoms with Crippen molar-refractivity contribution >= 4 is 38.8 Å². The Balaban J connectivity index is 1.82. The minimum Gasteiger partial charge on any atom is -0.531 e. The van der Waals surface area contributed by atoms with Crippen LogP contribution in [0.3, 0.4) is 0 Å². The molecule has 1 aliphatic rings. The van der Waals surface area contributed by atoms with Crippen molar-refractivity contribution in [2.24, 2.45) is 5.41 Å².